The van der Waals surface area contributed by atoms with Gasteiger partial charge in [-0.2, -0.15) is 5.11 Å². The predicted octanol–water partition coefficient (Wildman–Crippen LogP) is 3.45. The zero-order chi connectivity index (χ0) is 17.7. The van der Waals surface area contributed by atoms with Gasteiger partial charge in [-0.05, 0) is 49.2 Å². The Kier molecular flexibility index (Phi) is 3.58. The SMILES string of the molecule is Cc1ccc(C)c(N2N=N[C@H]3C(=O)N(c4cccc(Cl)c4)C(=O)[C@@H]32)c1. The van der Waals surface area contributed by atoms with Crippen molar-refractivity contribution in [2.24, 2.45) is 10.3 Å². The van der Waals surface area contributed by atoms with Gasteiger partial charge < -0.3 is 0 Å². The molecule has 2 aromatic rings. The molecule has 2 aliphatic heterocycles. The molecule has 25 heavy (non-hydrogen) atoms. The molecule has 6 nitrogen and oxygen atoms in total. The standard InChI is InChI=1S/C18H15ClN4O2/c1-10-6-7-11(2)14(8-10)23-16-15(20-21-23)17(24)22(18(16)25)13-5-3-4-12(19)9-13/h3-9,15-16H,1-2H3/t15-,16-/m1/s1. The number of amides is 2. The molecule has 0 aromatic heterocycles. The molecule has 0 bridgehead atoms. The summed E-state index contributed by atoms with van der Waals surface area (Å²) < 4.78 is 0. The van der Waals surface area contributed by atoms with Crippen molar-refractivity contribution in [3.05, 3.63) is 58.6 Å². The topological polar surface area (TPSA) is 65.3 Å². The molecule has 2 amide bonds. The molecular formula is C18H15ClN4O2. The zero-order valence-corrected chi connectivity index (χ0v) is 14.4. The average Bonchev–Trinajstić information content (AvgIpc) is 3.11. The molecule has 0 saturated carbocycles. The number of carbonyl (C=O) groups is 2. The second kappa shape index (κ2) is 5.67. The summed E-state index contributed by atoms with van der Waals surface area (Å²) in [4.78, 5) is 26.9. The molecule has 0 aliphatic carbocycles. The van der Waals surface area contributed by atoms with Crippen LogP contribution in [0.4, 0.5) is 11.4 Å². The van der Waals surface area contributed by atoms with Crippen molar-refractivity contribution >= 4 is 34.8 Å². The van der Waals surface area contributed by atoms with Crippen molar-refractivity contribution in [3.8, 4) is 0 Å². The van der Waals surface area contributed by atoms with Crippen LogP contribution in [0.2, 0.25) is 5.02 Å². The third kappa shape index (κ3) is 2.41. The Balaban J connectivity index is 1.74. The Labute approximate surface area is 149 Å². The fraction of sp³-hybridized carbons (Fsp3) is 0.222. The van der Waals surface area contributed by atoms with E-state index in [1.54, 1.807) is 29.3 Å². The summed E-state index contributed by atoms with van der Waals surface area (Å²) in [7, 11) is 0. The Morgan fingerprint density at radius 3 is 2.60 bits per heavy atom. The van der Waals surface area contributed by atoms with E-state index in [9.17, 15) is 9.59 Å². The van der Waals surface area contributed by atoms with Gasteiger partial charge in [0.25, 0.3) is 11.8 Å². The largest absolute Gasteiger partial charge is 0.271 e. The summed E-state index contributed by atoms with van der Waals surface area (Å²) in [5.74, 6) is -0.725. The van der Waals surface area contributed by atoms with Crippen LogP contribution >= 0.6 is 11.6 Å². The zero-order valence-electron chi connectivity index (χ0n) is 13.7. The lowest BCUT2D eigenvalue weighted by Gasteiger charge is -2.22. The maximum Gasteiger partial charge on any atom is 0.263 e. The maximum atomic E-state index is 13.0. The second-order valence-electron chi connectivity index (χ2n) is 6.22. The molecule has 2 aliphatic rings. The van der Waals surface area contributed by atoms with Crippen LogP contribution in [0, 0.1) is 13.8 Å². The van der Waals surface area contributed by atoms with Crippen molar-refractivity contribution in [3.63, 3.8) is 0 Å². The monoisotopic (exact) mass is 354 g/mol. The number of benzene rings is 2. The fourth-order valence-electron chi connectivity index (χ4n) is 3.20. The molecule has 0 radical (unpaired) electrons. The molecule has 1 saturated heterocycles. The number of hydrogen-bond acceptors (Lipinski definition) is 5. The molecule has 2 aromatic carbocycles. The van der Waals surface area contributed by atoms with E-state index in [0.29, 0.717) is 10.7 Å². The summed E-state index contributed by atoms with van der Waals surface area (Å²) in [6.07, 6.45) is 0. The number of fused-ring (bicyclic) bond motifs is 1. The van der Waals surface area contributed by atoms with Gasteiger partial charge in [-0.15, -0.1) is 0 Å². The van der Waals surface area contributed by atoms with E-state index < -0.39 is 12.1 Å². The van der Waals surface area contributed by atoms with E-state index in [0.717, 1.165) is 21.7 Å². The molecule has 126 valence electrons. The van der Waals surface area contributed by atoms with Crippen molar-refractivity contribution in [1.82, 2.24) is 0 Å². The summed E-state index contributed by atoms with van der Waals surface area (Å²) in [5.41, 5.74) is 3.24. The molecule has 7 heteroatoms. The lowest BCUT2D eigenvalue weighted by molar-refractivity contribution is -0.121. The Morgan fingerprint density at radius 1 is 1.04 bits per heavy atom. The van der Waals surface area contributed by atoms with Gasteiger partial charge in [-0.1, -0.05) is 35.0 Å². The lowest BCUT2D eigenvalue weighted by Crippen LogP contribution is -2.40. The smallest absolute Gasteiger partial charge is 0.263 e. The number of hydrogen-bond donors (Lipinski definition) is 0. The molecule has 2 atom stereocenters. The van der Waals surface area contributed by atoms with Crippen molar-refractivity contribution in [2.45, 2.75) is 25.9 Å². The first kappa shape index (κ1) is 15.8. The number of anilines is 2. The lowest BCUT2D eigenvalue weighted by atomic mass is 10.1. The summed E-state index contributed by atoms with van der Waals surface area (Å²) in [5, 5.41) is 10.2. The van der Waals surface area contributed by atoms with Gasteiger partial charge in [-0.3, -0.25) is 9.59 Å². The maximum absolute atomic E-state index is 13.0. The molecular weight excluding hydrogens is 340 g/mol. The number of carbonyl (C=O) groups excluding carboxylic acids is 2. The fourth-order valence-corrected chi connectivity index (χ4v) is 3.38. The van der Waals surface area contributed by atoms with Crippen molar-refractivity contribution < 1.29 is 9.59 Å². The van der Waals surface area contributed by atoms with Crippen LogP contribution in [0.15, 0.2) is 52.8 Å². The molecule has 4 rings (SSSR count). The first-order chi connectivity index (χ1) is 12.0. The van der Waals surface area contributed by atoms with E-state index in [2.05, 4.69) is 10.3 Å². The Bertz CT molecular complexity index is 927. The number of aryl methyl sites for hydroxylation is 2. The highest BCUT2D eigenvalue weighted by Crippen LogP contribution is 2.36. The number of rotatable bonds is 2. The minimum absolute atomic E-state index is 0.344. The van der Waals surface area contributed by atoms with Gasteiger partial charge >= 0.3 is 0 Å². The highest BCUT2D eigenvalue weighted by Gasteiger charge is 2.55. The van der Waals surface area contributed by atoms with Gasteiger partial charge in [0.15, 0.2) is 12.1 Å². The second-order valence-corrected chi connectivity index (χ2v) is 6.66. The number of imide groups is 1. The summed E-state index contributed by atoms with van der Waals surface area (Å²) in [6.45, 7) is 3.90. The molecule has 0 unspecified atom stereocenters. The van der Waals surface area contributed by atoms with Gasteiger partial charge in [0, 0.05) is 5.02 Å². The number of nitrogens with zero attached hydrogens (tertiary/aromatic N) is 4. The number of halogens is 1. The first-order valence-corrected chi connectivity index (χ1v) is 8.26. The highest BCUT2D eigenvalue weighted by atomic mass is 35.5. The predicted molar refractivity (Wildman–Crippen MR) is 94.8 cm³/mol. The molecule has 0 spiro atoms. The summed E-state index contributed by atoms with van der Waals surface area (Å²) >= 11 is 6.00. The Hall–Kier alpha value is -2.73. The van der Waals surface area contributed by atoms with Crippen LogP contribution < -0.4 is 9.91 Å². The van der Waals surface area contributed by atoms with Crippen LogP contribution in [0.1, 0.15) is 11.1 Å². The van der Waals surface area contributed by atoms with E-state index >= 15 is 0 Å². The first-order valence-electron chi connectivity index (χ1n) is 7.88. The molecule has 1 fully saturated rings. The van der Waals surface area contributed by atoms with E-state index in [1.807, 2.05) is 32.0 Å². The Morgan fingerprint density at radius 2 is 1.84 bits per heavy atom. The van der Waals surface area contributed by atoms with Crippen molar-refractivity contribution in [2.75, 3.05) is 9.91 Å². The molecule has 0 N–H and O–H groups in total. The normalized spacial score (nSPS) is 22.0. The highest BCUT2D eigenvalue weighted by molar-refractivity contribution is 6.32. The van der Waals surface area contributed by atoms with E-state index in [-0.39, 0.29) is 11.8 Å². The van der Waals surface area contributed by atoms with Crippen LogP contribution in [0.25, 0.3) is 0 Å². The third-order valence-corrected chi connectivity index (χ3v) is 4.69. The quantitative estimate of drug-likeness (QED) is 0.776. The van der Waals surface area contributed by atoms with Crippen LogP contribution in [-0.4, -0.2) is 23.9 Å². The van der Waals surface area contributed by atoms with Gasteiger partial charge in [0.1, 0.15) is 0 Å². The van der Waals surface area contributed by atoms with Gasteiger partial charge in [0.05, 0.1) is 11.4 Å². The molecule has 2 heterocycles. The minimum Gasteiger partial charge on any atom is -0.271 e. The summed E-state index contributed by atoms with van der Waals surface area (Å²) in [6, 6.07) is 11.0. The van der Waals surface area contributed by atoms with Gasteiger partial charge in [0.2, 0.25) is 0 Å². The van der Waals surface area contributed by atoms with Crippen LogP contribution in [-0.2, 0) is 9.59 Å². The third-order valence-electron chi connectivity index (χ3n) is 4.46. The minimum atomic E-state index is -0.827. The average molecular weight is 355 g/mol. The van der Waals surface area contributed by atoms with Gasteiger partial charge in [-0.25, -0.2) is 9.91 Å². The van der Waals surface area contributed by atoms with E-state index in [4.69, 9.17) is 11.6 Å². The van der Waals surface area contributed by atoms with Crippen molar-refractivity contribution in [1.29, 1.82) is 0 Å². The van der Waals surface area contributed by atoms with E-state index in [1.165, 1.54) is 0 Å². The van der Waals surface area contributed by atoms with Crippen LogP contribution in [0.5, 0.6) is 0 Å². The van der Waals surface area contributed by atoms with Crippen LogP contribution in [0.3, 0.4) is 0 Å².